The number of amides is 1. The lowest BCUT2D eigenvalue weighted by Crippen LogP contribution is -2.28. The number of non-ortho nitro benzene ring substituents is 1. The summed E-state index contributed by atoms with van der Waals surface area (Å²) in [5.41, 5.74) is 0.576. The van der Waals surface area contributed by atoms with E-state index in [2.05, 4.69) is 10.3 Å². The van der Waals surface area contributed by atoms with Gasteiger partial charge >= 0.3 is 5.97 Å². The number of aromatic nitrogens is 1. The minimum Gasteiger partial charge on any atom is -0.467 e. The Morgan fingerprint density at radius 3 is 2.86 bits per heavy atom. The Morgan fingerprint density at radius 2 is 2.21 bits per heavy atom. The summed E-state index contributed by atoms with van der Waals surface area (Å²) in [7, 11) is 0. The summed E-state index contributed by atoms with van der Waals surface area (Å²) in [4.78, 5) is 39.6. The predicted molar refractivity (Wildman–Crippen MR) is 105 cm³/mol. The number of rotatable bonds is 8. The van der Waals surface area contributed by atoms with Crippen molar-refractivity contribution in [2.24, 2.45) is 0 Å². The molecule has 3 rings (SSSR count). The van der Waals surface area contributed by atoms with Crippen LogP contribution in [0.1, 0.15) is 21.8 Å². The van der Waals surface area contributed by atoms with E-state index >= 15 is 0 Å². The first kappa shape index (κ1) is 20.6. The average molecular weight is 433 g/mol. The summed E-state index contributed by atoms with van der Waals surface area (Å²) in [6.45, 7) is 1.47. The minimum atomic E-state index is -0.836. The van der Waals surface area contributed by atoms with Crippen molar-refractivity contribution in [1.82, 2.24) is 10.3 Å². The molecular weight excluding hydrogens is 418 g/mol. The van der Waals surface area contributed by atoms with Gasteiger partial charge in [-0.15, -0.1) is 11.3 Å². The van der Waals surface area contributed by atoms with E-state index in [4.69, 9.17) is 9.15 Å². The first-order valence-electron chi connectivity index (χ1n) is 8.27. The fourth-order valence-corrected chi connectivity index (χ4v) is 4.11. The van der Waals surface area contributed by atoms with Crippen LogP contribution in [-0.2, 0) is 16.1 Å². The van der Waals surface area contributed by atoms with Gasteiger partial charge in [0.2, 0.25) is 0 Å². The Kier molecular flexibility index (Phi) is 6.62. The van der Waals surface area contributed by atoms with Gasteiger partial charge in [-0.05, 0) is 25.1 Å². The molecule has 150 valence electrons. The molecule has 29 heavy (non-hydrogen) atoms. The molecule has 2 aromatic heterocycles. The van der Waals surface area contributed by atoms with Crippen molar-refractivity contribution in [2.45, 2.75) is 22.7 Å². The Balaban J connectivity index is 1.68. The maximum absolute atomic E-state index is 12.5. The topological polar surface area (TPSA) is 125 Å². The van der Waals surface area contributed by atoms with Crippen molar-refractivity contribution in [3.05, 3.63) is 69.1 Å². The number of carbonyl (C=O) groups is 2. The van der Waals surface area contributed by atoms with Crippen LogP contribution in [0.5, 0.6) is 0 Å². The zero-order valence-corrected chi connectivity index (χ0v) is 16.7. The molecule has 1 N–H and O–H groups in total. The standard InChI is InChI=1S/C18H15N3O6S2/c1-11-10-28-18(20-11)29-15-5-4-12(21(24)25)7-14(15)17(23)27-9-16(22)19-8-13-3-2-6-26-13/h2-7,10H,8-9H2,1H3,(H,19,22). The fraction of sp³-hybridized carbons (Fsp3) is 0.167. The van der Waals surface area contributed by atoms with Gasteiger partial charge in [0.15, 0.2) is 10.9 Å². The first-order chi connectivity index (χ1) is 13.9. The van der Waals surface area contributed by atoms with E-state index in [-0.39, 0.29) is 17.8 Å². The quantitative estimate of drug-likeness (QED) is 0.325. The Morgan fingerprint density at radius 1 is 1.38 bits per heavy atom. The summed E-state index contributed by atoms with van der Waals surface area (Å²) < 4.78 is 10.8. The molecule has 9 nitrogen and oxygen atoms in total. The number of nitro benzene ring substituents is 1. The van der Waals surface area contributed by atoms with Crippen LogP contribution in [0.25, 0.3) is 0 Å². The fourth-order valence-electron chi connectivity index (χ4n) is 2.21. The van der Waals surface area contributed by atoms with Gasteiger partial charge in [0.25, 0.3) is 11.6 Å². The van der Waals surface area contributed by atoms with E-state index in [1.54, 1.807) is 12.1 Å². The van der Waals surface area contributed by atoms with Crippen LogP contribution >= 0.6 is 23.1 Å². The molecule has 0 spiro atoms. The number of aryl methyl sites for hydroxylation is 1. The third-order valence-corrected chi connectivity index (χ3v) is 5.70. The minimum absolute atomic E-state index is 0.00381. The second-order valence-corrected chi connectivity index (χ2v) is 7.87. The monoisotopic (exact) mass is 433 g/mol. The SMILES string of the molecule is Cc1csc(Sc2ccc([N+](=O)[O-])cc2C(=O)OCC(=O)NCc2ccco2)n1. The smallest absolute Gasteiger partial charge is 0.340 e. The Labute approximate surface area is 173 Å². The molecule has 1 aromatic carbocycles. The molecule has 0 aliphatic rings. The van der Waals surface area contributed by atoms with Gasteiger partial charge in [-0.2, -0.15) is 0 Å². The normalized spacial score (nSPS) is 10.5. The zero-order valence-electron chi connectivity index (χ0n) is 15.1. The number of ether oxygens (including phenoxy) is 1. The number of furan rings is 1. The van der Waals surface area contributed by atoms with Gasteiger partial charge in [0, 0.05) is 28.1 Å². The summed E-state index contributed by atoms with van der Waals surface area (Å²) in [6.07, 6.45) is 1.48. The number of esters is 1. The number of nitro groups is 1. The van der Waals surface area contributed by atoms with Gasteiger partial charge < -0.3 is 14.5 Å². The van der Waals surface area contributed by atoms with Gasteiger partial charge in [0.1, 0.15) is 5.76 Å². The number of hydrogen-bond donors (Lipinski definition) is 1. The van der Waals surface area contributed by atoms with Crippen LogP contribution in [0.4, 0.5) is 5.69 Å². The van der Waals surface area contributed by atoms with Crippen molar-refractivity contribution < 1.29 is 23.7 Å². The Hall–Kier alpha value is -3.18. The summed E-state index contributed by atoms with van der Waals surface area (Å²) in [6, 6.07) is 7.28. The third kappa shape index (κ3) is 5.65. The molecular formula is C18H15N3O6S2. The second-order valence-electron chi connectivity index (χ2n) is 5.73. The van der Waals surface area contributed by atoms with Crippen LogP contribution < -0.4 is 5.32 Å². The highest BCUT2D eigenvalue weighted by Gasteiger charge is 2.20. The highest BCUT2D eigenvalue weighted by atomic mass is 32.2. The van der Waals surface area contributed by atoms with E-state index in [0.29, 0.717) is 15.0 Å². The van der Waals surface area contributed by atoms with Crippen LogP contribution in [0, 0.1) is 17.0 Å². The third-order valence-electron chi connectivity index (χ3n) is 3.56. The molecule has 3 aromatic rings. The molecule has 0 saturated heterocycles. The van der Waals surface area contributed by atoms with E-state index < -0.39 is 23.4 Å². The summed E-state index contributed by atoms with van der Waals surface area (Å²) >= 11 is 2.59. The molecule has 0 radical (unpaired) electrons. The lowest BCUT2D eigenvalue weighted by Gasteiger charge is -2.09. The predicted octanol–water partition coefficient (Wildman–Crippen LogP) is 3.58. The number of benzene rings is 1. The molecule has 11 heteroatoms. The van der Waals surface area contributed by atoms with Crippen molar-refractivity contribution in [3.63, 3.8) is 0 Å². The lowest BCUT2D eigenvalue weighted by atomic mass is 10.2. The molecule has 1 amide bonds. The van der Waals surface area contributed by atoms with Crippen LogP contribution in [0.3, 0.4) is 0 Å². The largest absolute Gasteiger partial charge is 0.467 e. The second kappa shape index (κ2) is 9.34. The van der Waals surface area contributed by atoms with E-state index in [1.165, 1.54) is 41.5 Å². The average Bonchev–Trinajstić information content (AvgIpc) is 3.36. The Bertz CT molecular complexity index is 1030. The van der Waals surface area contributed by atoms with Crippen LogP contribution in [0.15, 0.2) is 55.6 Å². The highest BCUT2D eigenvalue weighted by Crippen LogP contribution is 2.34. The van der Waals surface area contributed by atoms with Crippen LogP contribution in [0.2, 0.25) is 0 Å². The summed E-state index contributed by atoms with van der Waals surface area (Å²) in [5, 5.41) is 15.5. The number of carbonyl (C=O) groups excluding carboxylic acids is 2. The highest BCUT2D eigenvalue weighted by molar-refractivity contribution is 8.01. The molecule has 0 aliphatic carbocycles. The maximum Gasteiger partial charge on any atom is 0.340 e. The van der Waals surface area contributed by atoms with Gasteiger partial charge in [-0.3, -0.25) is 14.9 Å². The molecule has 0 unspecified atom stereocenters. The number of hydrogen-bond acceptors (Lipinski definition) is 9. The first-order valence-corrected chi connectivity index (χ1v) is 9.96. The zero-order chi connectivity index (χ0) is 20.8. The molecule has 0 bridgehead atoms. The van der Waals surface area contributed by atoms with Gasteiger partial charge in [-0.25, -0.2) is 9.78 Å². The number of thiazole rings is 1. The van der Waals surface area contributed by atoms with Gasteiger partial charge in [-0.1, -0.05) is 11.8 Å². The summed E-state index contributed by atoms with van der Waals surface area (Å²) in [5.74, 6) is -0.802. The van der Waals surface area contributed by atoms with E-state index in [1.807, 2.05) is 12.3 Å². The van der Waals surface area contributed by atoms with Crippen LogP contribution in [-0.4, -0.2) is 28.4 Å². The number of nitrogens with zero attached hydrogens (tertiary/aromatic N) is 2. The molecule has 0 saturated carbocycles. The molecule has 0 aliphatic heterocycles. The van der Waals surface area contributed by atoms with E-state index in [0.717, 1.165) is 11.8 Å². The van der Waals surface area contributed by atoms with Gasteiger partial charge in [0.05, 0.1) is 23.3 Å². The van der Waals surface area contributed by atoms with E-state index in [9.17, 15) is 19.7 Å². The van der Waals surface area contributed by atoms with Crippen molar-refractivity contribution in [1.29, 1.82) is 0 Å². The van der Waals surface area contributed by atoms with Crippen molar-refractivity contribution >= 4 is 40.7 Å². The molecule has 2 heterocycles. The lowest BCUT2D eigenvalue weighted by molar-refractivity contribution is -0.384. The van der Waals surface area contributed by atoms with Crippen molar-refractivity contribution in [3.8, 4) is 0 Å². The molecule has 0 atom stereocenters. The van der Waals surface area contributed by atoms with Crippen molar-refractivity contribution in [2.75, 3.05) is 6.61 Å². The molecule has 0 fully saturated rings. The number of nitrogens with one attached hydrogen (secondary N) is 1. The maximum atomic E-state index is 12.5.